The molecule has 0 aliphatic rings. The number of rotatable bonds is 6. The first-order chi connectivity index (χ1) is 8.29. The average molecular weight is 249 g/mol. The summed E-state index contributed by atoms with van der Waals surface area (Å²) in [5.41, 5.74) is 0. The van der Waals surface area contributed by atoms with Gasteiger partial charge in [0.25, 0.3) is 0 Å². The molecule has 92 valence electrons. The van der Waals surface area contributed by atoms with Crippen LogP contribution in [0.25, 0.3) is 0 Å². The van der Waals surface area contributed by atoms with Gasteiger partial charge in [0.05, 0.1) is 6.26 Å². The van der Waals surface area contributed by atoms with E-state index >= 15 is 0 Å². The highest BCUT2D eigenvalue weighted by atomic mass is 32.1. The molecule has 0 fully saturated rings. The molecule has 2 atom stereocenters. The number of thiophene rings is 1. The van der Waals surface area contributed by atoms with Gasteiger partial charge in [0, 0.05) is 23.4 Å². The van der Waals surface area contributed by atoms with Gasteiger partial charge < -0.3 is 9.73 Å². The van der Waals surface area contributed by atoms with Gasteiger partial charge in [-0.15, -0.1) is 11.3 Å². The molecule has 0 aliphatic carbocycles. The van der Waals surface area contributed by atoms with Crippen molar-refractivity contribution in [3.05, 3.63) is 46.5 Å². The summed E-state index contributed by atoms with van der Waals surface area (Å²) in [4.78, 5) is 1.42. The van der Waals surface area contributed by atoms with E-state index in [0.29, 0.717) is 12.1 Å². The maximum atomic E-state index is 5.37. The first kappa shape index (κ1) is 12.4. The fraction of sp³-hybridized carbons (Fsp3) is 0.429. The van der Waals surface area contributed by atoms with Crippen LogP contribution in [-0.2, 0) is 6.42 Å². The van der Waals surface area contributed by atoms with Crippen molar-refractivity contribution in [2.45, 2.75) is 38.8 Å². The van der Waals surface area contributed by atoms with Crippen molar-refractivity contribution in [1.29, 1.82) is 0 Å². The lowest BCUT2D eigenvalue weighted by Crippen LogP contribution is -2.31. The number of hydrogen-bond acceptors (Lipinski definition) is 3. The van der Waals surface area contributed by atoms with Crippen LogP contribution in [0.15, 0.2) is 40.3 Å². The van der Waals surface area contributed by atoms with Crippen LogP contribution >= 0.6 is 11.3 Å². The molecule has 0 aromatic carbocycles. The first-order valence-electron chi connectivity index (χ1n) is 6.11. The van der Waals surface area contributed by atoms with Crippen LogP contribution in [0.5, 0.6) is 0 Å². The SMILES string of the molecule is CCC(NC(C)Cc1ccco1)c1cccs1. The molecule has 0 radical (unpaired) electrons. The van der Waals surface area contributed by atoms with Gasteiger partial charge in [0.2, 0.25) is 0 Å². The smallest absolute Gasteiger partial charge is 0.105 e. The third-order valence-corrected chi connectivity index (χ3v) is 3.85. The minimum atomic E-state index is 0.424. The molecular weight excluding hydrogens is 230 g/mol. The molecule has 1 N–H and O–H groups in total. The fourth-order valence-electron chi connectivity index (χ4n) is 2.02. The zero-order valence-electron chi connectivity index (χ0n) is 10.3. The lowest BCUT2D eigenvalue weighted by Gasteiger charge is -2.20. The summed E-state index contributed by atoms with van der Waals surface area (Å²) in [5.74, 6) is 1.05. The van der Waals surface area contributed by atoms with E-state index in [-0.39, 0.29) is 0 Å². The van der Waals surface area contributed by atoms with Gasteiger partial charge in [0.15, 0.2) is 0 Å². The van der Waals surface area contributed by atoms with E-state index in [1.807, 2.05) is 23.5 Å². The molecule has 2 aromatic rings. The highest BCUT2D eigenvalue weighted by molar-refractivity contribution is 7.10. The van der Waals surface area contributed by atoms with Crippen LogP contribution in [0.4, 0.5) is 0 Å². The molecule has 2 heterocycles. The summed E-state index contributed by atoms with van der Waals surface area (Å²) in [6, 6.07) is 9.17. The average Bonchev–Trinajstić information content (AvgIpc) is 2.97. The van der Waals surface area contributed by atoms with Crippen molar-refractivity contribution >= 4 is 11.3 Å². The second kappa shape index (κ2) is 6.03. The van der Waals surface area contributed by atoms with Crippen LogP contribution in [0.1, 0.15) is 36.9 Å². The summed E-state index contributed by atoms with van der Waals surface area (Å²) < 4.78 is 5.37. The minimum Gasteiger partial charge on any atom is -0.469 e. The second-order valence-electron chi connectivity index (χ2n) is 4.33. The third kappa shape index (κ3) is 3.45. The van der Waals surface area contributed by atoms with Crippen LogP contribution in [0, 0.1) is 0 Å². The Labute approximate surface area is 107 Å². The Morgan fingerprint density at radius 3 is 2.82 bits per heavy atom. The van der Waals surface area contributed by atoms with Gasteiger partial charge in [-0.25, -0.2) is 0 Å². The zero-order valence-corrected chi connectivity index (χ0v) is 11.2. The lowest BCUT2D eigenvalue weighted by atomic mass is 10.1. The predicted octanol–water partition coefficient (Wildman–Crippen LogP) is 4.01. The molecule has 17 heavy (non-hydrogen) atoms. The quantitative estimate of drug-likeness (QED) is 0.836. The summed E-state index contributed by atoms with van der Waals surface area (Å²) in [5, 5.41) is 5.79. The molecule has 0 saturated carbocycles. The Bertz CT molecular complexity index is 407. The van der Waals surface area contributed by atoms with Gasteiger partial charge >= 0.3 is 0 Å². The van der Waals surface area contributed by atoms with Crippen LogP contribution in [-0.4, -0.2) is 6.04 Å². The summed E-state index contributed by atoms with van der Waals surface area (Å²) in [6.07, 6.45) is 3.79. The van der Waals surface area contributed by atoms with Crippen LogP contribution < -0.4 is 5.32 Å². The molecule has 0 amide bonds. The fourth-order valence-corrected chi connectivity index (χ4v) is 2.89. The van der Waals surface area contributed by atoms with Crippen molar-refractivity contribution in [3.63, 3.8) is 0 Å². The predicted molar refractivity (Wildman–Crippen MR) is 72.4 cm³/mol. The highest BCUT2D eigenvalue weighted by Crippen LogP contribution is 2.22. The summed E-state index contributed by atoms with van der Waals surface area (Å²) >= 11 is 1.82. The second-order valence-corrected chi connectivity index (χ2v) is 5.31. The number of nitrogens with one attached hydrogen (secondary N) is 1. The van der Waals surface area contributed by atoms with Gasteiger partial charge in [-0.3, -0.25) is 0 Å². The van der Waals surface area contributed by atoms with Gasteiger partial charge in [-0.1, -0.05) is 13.0 Å². The molecule has 2 unspecified atom stereocenters. The Morgan fingerprint density at radius 1 is 1.35 bits per heavy atom. The van der Waals surface area contributed by atoms with Gasteiger partial charge in [-0.05, 0) is 36.9 Å². The van der Waals surface area contributed by atoms with Crippen LogP contribution in [0.3, 0.4) is 0 Å². The Morgan fingerprint density at radius 2 is 2.24 bits per heavy atom. The molecular formula is C14H19NOS. The van der Waals surface area contributed by atoms with E-state index in [1.165, 1.54) is 4.88 Å². The largest absolute Gasteiger partial charge is 0.469 e. The minimum absolute atomic E-state index is 0.424. The first-order valence-corrected chi connectivity index (χ1v) is 6.99. The van der Waals surface area contributed by atoms with Crippen molar-refractivity contribution in [3.8, 4) is 0 Å². The third-order valence-electron chi connectivity index (χ3n) is 2.87. The normalized spacial score (nSPS) is 14.7. The van der Waals surface area contributed by atoms with E-state index in [0.717, 1.165) is 18.6 Å². The molecule has 0 spiro atoms. The molecule has 2 nitrogen and oxygen atoms in total. The topological polar surface area (TPSA) is 25.2 Å². The molecule has 2 aromatic heterocycles. The highest BCUT2D eigenvalue weighted by Gasteiger charge is 2.14. The summed E-state index contributed by atoms with van der Waals surface area (Å²) in [6.45, 7) is 4.43. The molecule has 3 heteroatoms. The molecule has 0 saturated heterocycles. The number of hydrogen-bond donors (Lipinski definition) is 1. The van der Waals surface area contributed by atoms with Crippen LogP contribution in [0.2, 0.25) is 0 Å². The monoisotopic (exact) mass is 249 g/mol. The van der Waals surface area contributed by atoms with Crippen molar-refractivity contribution < 1.29 is 4.42 Å². The lowest BCUT2D eigenvalue weighted by molar-refractivity contribution is 0.413. The van der Waals surface area contributed by atoms with E-state index in [4.69, 9.17) is 4.42 Å². The van der Waals surface area contributed by atoms with Crippen molar-refractivity contribution in [2.24, 2.45) is 0 Å². The number of furan rings is 1. The summed E-state index contributed by atoms with van der Waals surface area (Å²) in [7, 11) is 0. The van der Waals surface area contributed by atoms with E-state index < -0.39 is 0 Å². The maximum Gasteiger partial charge on any atom is 0.105 e. The molecule has 0 aliphatic heterocycles. The molecule has 0 bridgehead atoms. The van der Waals surface area contributed by atoms with Gasteiger partial charge in [-0.2, -0.15) is 0 Å². The van der Waals surface area contributed by atoms with E-state index in [9.17, 15) is 0 Å². The van der Waals surface area contributed by atoms with E-state index in [2.05, 4.69) is 36.7 Å². The Kier molecular flexibility index (Phi) is 4.40. The van der Waals surface area contributed by atoms with Crippen molar-refractivity contribution in [2.75, 3.05) is 0 Å². The Balaban J connectivity index is 1.90. The standard InChI is InChI=1S/C14H19NOS/c1-3-13(14-7-5-9-17-14)15-11(2)10-12-6-4-8-16-12/h4-9,11,13,15H,3,10H2,1-2H3. The molecule has 2 rings (SSSR count). The Hall–Kier alpha value is -1.06. The van der Waals surface area contributed by atoms with E-state index in [1.54, 1.807) is 6.26 Å². The zero-order chi connectivity index (χ0) is 12.1. The van der Waals surface area contributed by atoms with Crippen molar-refractivity contribution in [1.82, 2.24) is 5.32 Å². The van der Waals surface area contributed by atoms with Gasteiger partial charge in [0.1, 0.15) is 5.76 Å². The maximum absolute atomic E-state index is 5.37.